The number of hydrogen-bond donors (Lipinski definition) is 1. The monoisotopic (exact) mass is 298 g/mol. The highest BCUT2D eigenvalue weighted by atomic mass is 79.9. The lowest BCUT2D eigenvalue weighted by Crippen LogP contribution is -1.97. The van der Waals surface area contributed by atoms with Gasteiger partial charge in [-0.3, -0.25) is 0 Å². The number of nitrogens with zero attached hydrogens (tertiary/aromatic N) is 1. The molecule has 0 bridgehead atoms. The Kier molecular flexibility index (Phi) is 3.46. The van der Waals surface area contributed by atoms with Crippen molar-refractivity contribution >= 4 is 33.0 Å². The predicted molar refractivity (Wildman–Crippen MR) is 69.7 cm³/mol. The van der Waals surface area contributed by atoms with Crippen LogP contribution < -0.4 is 10.5 Å². The Morgan fingerprint density at radius 2 is 2.31 bits per heavy atom. The number of rotatable bonds is 3. The van der Waals surface area contributed by atoms with Crippen molar-refractivity contribution in [2.45, 2.75) is 13.5 Å². The molecule has 0 aliphatic heterocycles. The van der Waals surface area contributed by atoms with Crippen molar-refractivity contribution in [2.24, 2.45) is 0 Å². The predicted octanol–water partition coefficient (Wildman–Crippen LogP) is 3.38. The van der Waals surface area contributed by atoms with Crippen molar-refractivity contribution in [1.82, 2.24) is 4.98 Å². The molecule has 1 aromatic heterocycles. The molecule has 0 aliphatic rings. The summed E-state index contributed by atoms with van der Waals surface area (Å²) in [5.74, 6) is 0.743. The average Bonchev–Trinajstić information content (AvgIpc) is 2.67. The van der Waals surface area contributed by atoms with Gasteiger partial charge in [0.25, 0.3) is 0 Å². The summed E-state index contributed by atoms with van der Waals surface area (Å²) < 4.78 is 6.43. The van der Waals surface area contributed by atoms with Crippen LogP contribution in [0.3, 0.4) is 0 Å². The van der Waals surface area contributed by atoms with Crippen molar-refractivity contribution in [3.8, 4) is 5.75 Å². The molecule has 0 aliphatic carbocycles. The molecular weight excluding hydrogens is 288 g/mol. The Hall–Kier alpha value is -1.07. The SMILES string of the molecule is Cc1csc(COc2cccc(N)c2Br)n1. The van der Waals surface area contributed by atoms with Gasteiger partial charge in [0, 0.05) is 16.8 Å². The number of ether oxygens (including phenoxy) is 1. The first-order valence-electron chi connectivity index (χ1n) is 4.74. The Morgan fingerprint density at radius 1 is 1.50 bits per heavy atom. The Balaban J connectivity index is 2.07. The number of hydrogen-bond acceptors (Lipinski definition) is 4. The maximum Gasteiger partial charge on any atom is 0.140 e. The van der Waals surface area contributed by atoms with Gasteiger partial charge in [-0.1, -0.05) is 6.07 Å². The molecule has 0 saturated heterocycles. The zero-order chi connectivity index (χ0) is 11.5. The van der Waals surface area contributed by atoms with Gasteiger partial charge in [-0.15, -0.1) is 11.3 Å². The van der Waals surface area contributed by atoms with Crippen LogP contribution in [-0.2, 0) is 6.61 Å². The normalized spacial score (nSPS) is 10.4. The summed E-state index contributed by atoms with van der Waals surface area (Å²) in [4.78, 5) is 4.32. The molecule has 3 nitrogen and oxygen atoms in total. The van der Waals surface area contributed by atoms with E-state index in [1.165, 1.54) is 0 Å². The highest BCUT2D eigenvalue weighted by Crippen LogP contribution is 2.30. The summed E-state index contributed by atoms with van der Waals surface area (Å²) in [6, 6.07) is 5.56. The second kappa shape index (κ2) is 4.84. The van der Waals surface area contributed by atoms with E-state index in [9.17, 15) is 0 Å². The lowest BCUT2D eigenvalue weighted by molar-refractivity contribution is 0.303. The van der Waals surface area contributed by atoms with Gasteiger partial charge in [-0.2, -0.15) is 0 Å². The molecule has 16 heavy (non-hydrogen) atoms. The molecule has 1 aromatic carbocycles. The highest BCUT2D eigenvalue weighted by Gasteiger charge is 2.05. The van der Waals surface area contributed by atoms with Crippen molar-refractivity contribution in [3.05, 3.63) is 38.8 Å². The standard InChI is InChI=1S/C11H11BrN2OS/c1-7-6-16-10(14-7)5-15-9-4-2-3-8(13)11(9)12/h2-4,6H,5,13H2,1H3. The van der Waals surface area contributed by atoms with Crippen molar-refractivity contribution in [3.63, 3.8) is 0 Å². The zero-order valence-electron chi connectivity index (χ0n) is 8.74. The van der Waals surface area contributed by atoms with Gasteiger partial charge in [0.1, 0.15) is 17.4 Å². The quantitative estimate of drug-likeness (QED) is 0.884. The molecule has 2 rings (SSSR count). The van der Waals surface area contributed by atoms with Crippen LogP contribution in [0.5, 0.6) is 5.75 Å². The molecular formula is C11H11BrN2OS. The topological polar surface area (TPSA) is 48.1 Å². The van der Waals surface area contributed by atoms with Gasteiger partial charge in [-0.25, -0.2) is 4.98 Å². The fourth-order valence-electron chi connectivity index (χ4n) is 1.25. The van der Waals surface area contributed by atoms with Gasteiger partial charge in [-0.05, 0) is 35.0 Å². The first-order chi connectivity index (χ1) is 7.66. The number of nitrogens with two attached hydrogens (primary N) is 1. The fourth-order valence-corrected chi connectivity index (χ4v) is 2.31. The van der Waals surface area contributed by atoms with Crippen LogP contribution in [-0.4, -0.2) is 4.98 Å². The largest absolute Gasteiger partial charge is 0.485 e. The molecule has 84 valence electrons. The van der Waals surface area contributed by atoms with E-state index in [1.54, 1.807) is 11.3 Å². The van der Waals surface area contributed by atoms with E-state index in [0.29, 0.717) is 12.3 Å². The molecule has 5 heteroatoms. The maximum absolute atomic E-state index is 5.75. The highest BCUT2D eigenvalue weighted by molar-refractivity contribution is 9.10. The van der Waals surface area contributed by atoms with Gasteiger partial charge < -0.3 is 10.5 Å². The minimum Gasteiger partial charge on any atom is -0.485 e. The molecule has 0 amide bonds. The second-order valence-corrected chi connectivity index (χ2v) is 5.07. The molecule has 0 fully saturated rings. The van der Waals surface area contributed by atoms with Gasteiger partial charge in [0.05, 0.1) is 4.47 Å². The van der Waals surface area contributed by atoms with E-state index in [4.69, 9.17) is 10.5 Å². The summed E-state index contributed by atoms with van der Waals surface area (Å²) >= 11 is 4.99. The second-order valence-electron chi connectivity index (χ2n) is 3.33. The molecule has 0 unspecified atom stereocenters. The number of aryl methyl sites for hydroxylation is 1. The van der Waals surface area contributed by atoms with Gasteiger partial charge >= 0.3 is 0 Å². The Morgan fingerprint density at radius 3 is 3.00 bits per heavy atom. The molecule has 1 heterocycles. The first kappa shape index (κ1) is 11.4. The molecule has 2 N–H and O–H groups in total. The zero-order valence-corrected chi connectivity index (χ0v) is 11.1. The molecule has 2 aromatic rings. The minimum absolute atomic E-state index is 0.473. The molecule has 0 radical (unpaired) electrons. The number of thiazole rings is 1. The van der Waals surface area contributed by atoms with Crippen LogP contribution in [0.15, 0.2) is 28.1 Å². The van der Waals surface area contributed by atoms with E-state index >= 15 is 0 Å². The minimum atomic E-state index is 0.473. The molecule has 0 spiro atoms. The average molecular weight is 299 g/mol. The number of benzene rings is 1. The Bertz CT molecular complexity index is 498. The van der Waals surface area contributed by atoms with Crippen LogP contribution in [0.2, 0.25) is 0 Å². The van der Waals surface area contributed by atoms with Crippen molar-refractivity contribution in [1.29, 1.82) is 0 Å². The number of nitrogen functional groups attached to an aromatic ring is 1. The first-order valence-corrected chi connectivity index (χ1v) is 6.42. The third-order valence-corrected chi connectivity index (χ3v) is 3.80. The van der Waals surface area contributed by atoms with E-state index < -0.39 is 0 Å². The van der Waals surface area contributed by atoms with Crippen LogP contribution >= 0.6 is 27.3 Å². The van der Waals surface area contributed by atoms with Crippen LogP contribution in [0.4, 0.5) is 5.69 Å². The summed E-state index contributed by atoms with van der Waals surface area (Å²) in [5, 5.41) is 2.97. The summed E-state index contributed by atoms with van der Waals surface area (Å²) in [6.07, 6.45) is 0. The summed E-state index contributed by atoms with van der Waals surface area (Å²) in [7, 11) is 0. The lowest BCUT2D eigenvalue weighted by atomic mass is 10.3. The molecule has 0 atom stereocenters. The van der Waals surface area contributed by atoms with Gasteiger partial charge in [0.2, 0.25) is 0 Å². The van der Waals surface area contributed by atoms with E-state index in [1.807, 2.05) is 30.5 Å². The third-order valence-electron chi connectivity index (χ3n) is 2.01. The summed E-state index contributed by atoms with van der Waals surface area (Å²) in [6.45, 7) is 2.44. The van der Waals surface area contributed by atoms with Crippen molar-refractivity contribution in [2.75, 3.05) is 5.73 Å². The van der Waals surface area contributed by atoms with Crippen LogP contribution in [0.25, 0.3) is 0 Å². The lowest BCUT2D eigenvalue weighted by Gasteiger charge is -2.07. The number of halogens is 1. The Labute approximate surface area is 106 Å². The van der Waals surface area contributed by atoms with Gasteiger partial charge in [0.15, 0.2) is 0 Å². The summed E-state index contributed by atoms with van der Waals surface area (Å²) in [5.41, 5.74) is 7.45. The van der Waals surface area contributed by atoms with Crippen LogP contribution in [0.1, 0.15) is 10.7 Å². The smallest absolute Gasteiger partial charge is 0.140 e. The van der Waals surface area contributed by atoms with Crippen molar-refractivity contribution < 1.29 is 4.74 Å². The molecule has 0 saturated carbocycles. The van der Waals surface area contributed by atoms with E-state index in [2.05, 4.69) is 20.9 Å². The van der Waals surface area contributed by atoms with Crippen LogP contribution in [0, 0.1) is 6.92 Å². The number of aromatic nitrogens is 1. The number of anilines is 1. The maximum atomic E-state index is 5.75. The third kappa shape index (κ3) is 2.54. The fraction of sp³-hybridized carbons (Fsp3) is 0.182. The van der Waals surface area contributed by atoms with E-state index in [0.717, 1.165) is 20.9 Å². The van der Waals surface area contributed by atoms with E-state index in [-0.39, 0.29) is 0 Å².